The van der Waals surface area contributed by atoms with Gasteiger partial charge in [0, 0.05) is 13.1 Å². The summed E-state index contributed by atoms with van der Waals surface area (Å²) in [4.78, 5) is 40.6. The van der Waals surface area contributed by atoms with E-state index >= 15 is 0 Å². The highest BCUT2D eigenvalue weighted by molar-refractivity contribution is 7.18. The number of ether oxygens (including phenoxy) is 2. The number of carbonyl (C=O) groups excluding carboxylic acids is 3. The van der Waals surface area contributed by atoms with Crippen LogP contribution in [0.25, 0.3) is 0 Å². The summed E-state index contributed by atoms with van der Waals surface area (Å²) >= 11 is 1.14. The molecule has 1 aliphatic heterocycles. The quantitative estimate of drug-likeness (QED) is 0.652. The fourth-order valence-corrected chi connectivity index (χ4v) is 4.77. The number of carbonyl (C=O) groups is 3. The number of hydrogen-bond acceptors (Lipinski definition) is 6. The molecule has 0 aliphatic carbocycles. The van der Waals surface area contributed by atoms with Gasteiger partial charge in [0.25, 0.3) is 5.91 Å². The summed E-state index contributed by atoms with van der Waals surface area (Å²) in [5, 5.41) is 3.18. The predicted octanol–water partition coefficient (Wildman–Crippen LogP) is 4.05. The fraction of sp³-hybridized carbons (Fsp3) is 0.435. The van der Waals surface area contributed by atoms with Gasteiger partial charge in [0.1, 0.15) is 10.8 Å². The van der Waals surface area contributed by atoms with E-state index in [9.17, 15) is 14.4 Å². The zero-order chi connectivity index (χ0) is 22.4. The van der Waals surface area contributed by atoms with Gasteiger partial charge in [-0.25, -0.2) is 4.79 Å². The Hall–Kier alpha value is -2.87. The van der Waals surface area contributed by atoms with Crippen molar-refractivity contribution in [2.75, 3.05) is 32.1 Å². The van der Waals surface area contributed by atoms with Crippen LogP contribution in [0.15, 0.2) is 24.3 Å². The molecule has 1 N–H and O–H groups in total. The van der Waals surface area contributed by atoms with Gasteiger partial charge in [-0.2, -0.15) is 0 Å². The molecule has 1 aliphatic rings. The Labute approximate surface area is 186 Å². The molecule has 2 heterocycles. The van der Waals surface area contributed by atoms with Crippen molar-refractivity contribution in [3.63, 3.8) is 0 Å². The first-order valence-corrected chi connectivity index (χ1v) is 11.3. The molecule has 31 heavy (non-hydrogen) atoms. The van der Waals surface area contributed by atoms with Crippen LogP contribution in [0.5, 0.6) is 5.75 Å². The van der Waals surface area contributed by atoms with E-state index in [1.807, 2.05) is 17.0 Å². The Morgan fingerprint density at radius 1 is 1.10 bits per heavy atom. The third kappa shape index (κ3) is 5.44. The summed E-state index contributed by atoms with van der Waals surface area (Å²) in [6, 6.07) is 7.21. The van der Waals surface area contributed by atoms with Crippen molar-refractivity contribution in [2.24, 2.45) is 0 Å². The van der Waals surface area contributed by atoms with Crippen LogP contribution in [0, 0.1) is 6.92 Å². The molecule has 7 nitrogen and oxygen atoms in total. The lowest BCUT2D eigenvalue weighted by Gasteiger charge is -2.26. The predicted molar refractivity (Wildman–Crippen MR) is 120 cm³/mol. The molecule has 1 aromatic carbocycles. The van der Waals surface area contributed by atoms with Crippen molar-refractivity contribution in [3.8, 4) is 5.75 Å². The van der Waals surface area contributed by atoms with Crippen LogP contribution in [0.2, 0.25) is 0 Å². The van der Waals surface area contributed by atoms with Crippen molar-refractivity contribution >= 4 is 34.1 Å². The molecule has 0 bridgehead atoms. The van der Waals surface area contributed by atoms with E-state index < -0.39 is 5.97 Å². The highest BCUT2D eigenvalue weighted by Gasteiger charge is 2.29. The maximum atomic E-state index is 13.1. The largest absolute Gasteiger partial charge is 0.497 e. The van der Waals surface area contributed by atoms with Gasteiger partial charge in [-0.3, -0.25) is 9.59 Å². The van der Waals surface area contributed by atoms with Crippen LogP contribution < -0.4 is 10.1 Å². The number of hydrogen-bond donors (Lipinski definition) is 1. The topological polar surface area (TPSA) is 84.9 Å². The molecular formula is C23H28N2O5S. The van der Waals surface area contributed by atoms with Crippen molar-refractivity contribution < 1.29 is 23.9 Å². The van der Waals surface area contributed by atoms with Gasteiger partial charge < -0.3 is 19.7 Å². The molecule has 1 fully saturated rings. The summed E-state index contributed by atoms with van der Waals surface area (Å²) in [6.07, 6.45) is 3.21. The lowest BCUT2D eigenvalue weighted by Crippen LogP contribution is -2.35. The van der Waals surface area contributed by atoms with Crippen LogP contribution in [0.3, 0.4) is 0 Å². The minimum Gasteiger partial charge on any atom is -0.497 e. The summed E-state index contributed by atoms with van der Waals surface area (Å²) in [7, 11) is 1.58. The number of rotatable bonds is 7. The van der Waals surface area contributed by atoms with Gasteiger partial charge in [-0.1, -0.05) is 12.1 Å². The molecule has 0 unspecified atom stereocenters. The highest BCUT2D eigenvalue weighted by Crippen LogP contribution is 2.35. The molecule has 1 saturated heterocycles. The van der Waals surface area contributed by atoms with E-state index in [-0.39, 0.29) is 30.4 Å². The van der Waals surface area contributed by atoms with Gasteiger partial charge in [0.2, 0.25) is 5.91 Å². The van der Waals surface area contributed by atoms with Gasteiger partial charge in [-0.15, -0.1) is 11.3 Å². The average Bonchev–Trinajstić information content (AvgIpc) is 3.10. The second kappa shape index (κ2) is 10.4. The first kappa shape index (κ1) is 22.8. The van der Waals surface area contributed by atoms with E-state index in [0.29, 0.717) is 34.3 Å². The number of benzene rings is 1. The van der Waals surface area contributed by atoms with E-state index in [0.717, 1.165) is 36.2 Å². The minimum atomic E-state index is -0.534. The van der Waals surface area contributed by atoms with E-state index in [4.69, 9.17) is 9.47 Å². The molecule has 2 amide bonds. The number of esters is 1. The minimum absolute atomic E-state index is 0.0941. The molecule has 0 atom stereocenters. The second-order valence-electron chi connectivity index (χ2n) is 7.41. The molecule has 0 saturated carbocycles. The summed E-state index contributed by atoms with van der Waals surface area (Å²) < 4.78 is 10.3. The Morgan fingerprint density at radius 3 is 2.39 bits per heavy atom. The Kier molecular flexibility index (Phi) is 7.68. The number of anilines is 1. The molecule has 0 spiro atoms. The standard InChI is InChI=1S/C23H28N2O5S/c1-4-30-23(28)19-15(2)20(22(27)25-12-6-5-7-13-25)31-21(19)24-18(26)14-16-8-10-17(29-3)11-9-16/h8-11H,4-7,12-14H2,1-3H3,(H,24,26). The van der Waals surface area contributed by atoms with Crippen molar-refractivity contribution in [2.45, 2.75) is 39.5 Å². The number of nitrogens with one attached hydrogen (secondary N) is 1. The van der Waals surface area contributed by atoms with Crippen LogP contribution >= 0.6 is 11.3 Å². The van der Waals surface area contributed by atoms with Crippen LogP contribution in [0.1, 0.15) is 57.3 Å². The number of piperidine rings is 1. The van der Waals surface area contributed by atoms with E-state index in [1.165, 1.54) is 0 Å². The van der Waals surface area contributed by atoms with Crippen molar-refractivity contribution in [1.29, 1.82) is 0 Å². The number of amides is 2. The maximum absolute atomic E-state index is 13.1. The maximum Gasteiger partial charge on any atom is 0.341 e. The number of thiophene rings is 1. The summed E-state index contributed by atoms with van der Waals surface area (Å²) in [6.45, 7) is 5.09. The highest BCUT2D eigenvalue weighted by atomic mass is 32.1. The Balaban J connectivity index is 1.83. The molecular weight excluding hydrogens is 416 g/mol. The van der Waals surface area contributed by atoms with E-state index in [1.54, 1.807) is 33.1 Å². The monoisotopic (exact) mass is 444 g/mol. The van der Waals surface area contributed by atoms with Crippen LogP contribution in [0.4, 0.5) is 5.00 Å². The normalized spacial score (nSPS) is 13.6. The van der Waals surface area contributed by atoms with Crippen LogP contribution in [-0.4, -0.2) is 49.5 Å². The third-order valence-corrected chi connectivity index (χ3v) is 6.44. The molecule has 166 valence electrons. The molecule has 8 heteroatoms. The third-order valence-electron chi connectivity index (χ3n) is 5.24. The van der Waals surface area contributed by atoms with Gasteiger partial charge in [-0.05, 0) is 56.4 Å². The van der Waals surface area contributed by atoms with Crippen molar-refractivity contribution in [1.82, 2.24) is 4.90 Å². The number of nitrogens with zero attached hydrogens (tertiary/aromatic N) is 1. The second-order valence-corrected chi connectivity index (χ2v) is 8.43. The first-order valence-electron chi connectivity index (χ1n) is 10.5. The SMILES string of the molecule is CCOC(=O)c1c(NC(=O)Cc2ccc(OC)cc2)sc(C(=O)N2CCCCC2)c1C. The van der Waals surface area contributed by atoms with Gasteiger partial charge in [0.15, 0.2) is 0 Å². The Bertz CT molecular complexity index is 946. The lowest BCUT2D eigenvalue weighted by atomic mass is 10.1. The molecule has 3 rings (SSSR count). The summed E-state index contributed by atoms with van der Waals surface area (Å²) in [5.41, 5.74) is 1.63. The van der Waals surface area contributed by atoms with Gasteiger partial charge >= 0.3 is 5.97 Å². The van der Waals surface area contributed by atoms with E-state index in [2.05, 4.69) is 5.32 Å². The molecule has 1 aromatic heterocycles. The van der Waals surface area contributed by atoms with Crippen molar-refractivity contribution in [3.05, 3.63) is 45.8 Å². The average molecular weight is 445 g/mol. The smallest absolute Gasteiger partial charge is 0.341 e. The van der Waals surface area contributed by atoms with Gasteiger partial charge in [0.05, 0.1) is 30.6 Å². The first-order chi connectivity index (χ1) is 14.9. The lowest BCUT2D eigenvalue weighted by molar-refractivity contribution is -0.115. The van der Waals surface area contributed by atoms with Crippen LogP contribution in [-0.2, 0) is 16.0 Å². The zero-order valence-electron chi connectivity index (χ0n) is 18.2. The Morgan fingerprint density at radius 2 is 1.77 bits per heavy atom. The fourth-order valence-electron chi connectivity index (χ4n) is 3.59. The molecule has 0 radical (unpaired) electrons. The number of methoxy groups -OCH3 is 1. The summed E-state index contributed by atoms with van der Waals surface area (Å²) in [5.74, 6) is -0.186. The number of likely N-dealkylation sites (tertiary alicyclic amines) is 1. The zero-order valence-corrected chi connectivity index (χ0v) is 19.0. The molecule has 2 aromatic rings.